The zero-order chi connectivity index (χ0) is 15.5. The normalized spacial score (nSPS) is 17.5. The Balaban J connectivity index is 2.02. The van der Waals surface area contributed by atoms with Crippen LogP contribution in [0.25, 0.3) is 0 Å². The van der Waals surface area contributed by atoms with Gasteiger partial charge in [-0.05, 0) is 23.8 Å². The predicted molar refractivity (Wildman–Crippen MR) is 80.6 cm³/mol. The molecule has 2 heterocycles. The lowest BCUT2D eigenvalue weighted by Crippen LogP contribution is -2.45. The van der Waals surface area contributed by atoms with Gasteiger partial charge in [0, 0.05) is 24.6 Å². The number of aromatic nitrogens is 1. The highest BCUT2D eigenvalue weighted by Crippen LogP contribution is 2.25. The maximum absolute atomic E-state index is 12.7. The summed E-state index contributed by atoms with van der Waals surface area (Å²) in [6, 6.07) is 9.97. The van der Waals surface area contributed by atoms with Gasteiger partial charge in [-0.3, -0.25) is 19.9 Å². The number of anilines is 1. The first-order valence-corrected chi connectivity index (χ1v) is 6.93. The van der Waals surface area contributed by atoms with Crippen molar-refractivity contribution in [2.75, 3.05) is 11.4 Å². The van der Waals surface area contributed by atoms with E-state index < -0.39 is 12.0 Å². The van der Waals surface area contributed by atoms with Crippen LogP contribution in [0.4, 0.5) is 5.69 Å². The molecule has 0 saturated heterocycles. The van der Waals surface area contributed by atoms with Crippen LogP contribution in [0.3, 0.4) is 0 Å². The average molecular weight is 297 g/mol. The number of hydrogen-bond donors (Lipinski definition) is 2. The average Bonchev–Trinajstić information content (AvgIpc) is 2.75. The van der Waals surface area contributed by atoms with E-state index >= 15 is 0 Å². The van der Waals surface area contributed by atoms with Crippen molar-refractivity contribution in [3.63, 3.8) is 0 Å². The number of nitrogens with zero attached hydrogens (tertiary/aromatic N) is 2. The van der Waals surface area contributed by atoms with Crippen LogP contribution in [0.5, 0.6) is 0 Å². The molecule has 0 bridgehead atoms. The lowest BCUT2D eigenvalue weighted by molar-refractivity contribution is -0.139. The third-order valence-electron chi connectivity index (χ3n) is 3.64. The molecule has 2 N–H and O–H groups in total. The Morgan fingerprint density at radius 3 is 2.77 bits per heavy atom. The van der Waals surface area contributed by atoms with E-state index in [2.05, 4.69) is 10.3 Å². The van der Waals surface area contributed by atoms with Crippen LogP contribution < -0.4 is 10.2 Å². The zero-order valence-electron chi connectivity index (χ0n) is 11.8. The quantitative estimate of drug-likeness (QED) is 0.872. The molecular formula is C16H15N3O3. The summed E-state index contributed by atoms with van der Waals surface area (Å²) in [5.74, 6) is -1.23. The number of nitrogens with one attached hydrogen (secondary N) is 1. The van der Waals surface area contributed by atoms with Crippen molar-refractivity contribution in [1.29, 1.82) is 0 Å². The summed E-state index contributed by atoms with van der Waals surface area (Å²) in [4.78, 5) is 29.6. The molecule has 0 radical (unpaired) electrons. The van der Waals surface area contributed by atoms with Crippen LogP contribution in [-0.2, 0) is 11.3 Å². The van der Waals surface area contributed by atoms with E-state index in [1.54, 1.807) is 18.3 Å². The lowest BCUT2D eigenvalue weighted by atomic mass is 10.1. The SMILES string of the molecule is O=C(O)C1CN(C(=O)c2cccnc2)c2ccccc2CN1. The summed E-state index contributed by atoms with van der Waals surface area (Å²) in [6.45, 7) is 0.476. The van der Waals surface area contributed by atoms with Crippen LogP contribution in [0.15, 0.2) is 48.8 Å². The van der Waals surface area contributed by atoms with E-state index in [-0.39, 0.29) is 12.5 Å². The molecule has 0 fully saturated rings. The highest BCUT2D eigenvalue weighted by Gasteiger charge is 2.30. The van der Waals surface area contributed by atoms with Gasteiger partial charge >= 0.3 is 5.97 Å². The molecule has 1 unspecified atom stereocenters. The number of benzene rings is 1. The molecule has 1 aliphatic heterocycles. The maximum atomic E-state index is 12.7. The monoisotopic (exact) mass is 297 g/mol. The molecule has 1 aromatic heterocycles. The first-order chi connectivity index (χ1) is 10.7. The molecule has 1 amide bonds. The molecule has 2 aromatic rings. The minimum atomic E-state index is -0.975. The standard InChI is InChI=1S/C16H15N3O3/c20-15(12-5-3-7-17-8-12)19-10-13(16(21)22)18-9-11-4-1-2-6-14(11)19/h1-8,13,18H,9-10H2,(H,21,22). The summed E-state index contributed by atoms with van der Waals surface area (Å²) < 4.78 is 0. The van der Waals surface area contributed by atoms with Gasteiger partial charge in [0.25, 0.3) is 5.91 Å². The smallest absolute Gasteiger partial charge is 0.322 e. The first kappa shape index (κ1) is 14.2. The van der Waals surface area contributed by atoms with Crippen molar-refractivity contribution in [2.45, 2.75) is 12.6 Å². The molecule has 1 aliphatic rings. The van der Waals surface area contributed by atoms with Gasteiger partial charge in [-0.2, -0.15) is 0 Å². The summed E-state index contributed by atoms with van der Waals surface area (Å²) in [5.41, 5.74) is 2.06. The summed E-state index contributed by atoms with van der Waals surface area (Å²) in [6.07, 6.45) is 3.08. The Morgan fingerprint density at radius 2 is 2.05 bits per heavy atom. The number of pyridine rings is 1. The fourth-order valence-electron chi connectivity index (χ4n) is 2.51. The van der Waals surface area contributed by atoms with Gasteiger partial charge < -0.3 is 10.0 Å². The summed E-state index contributed by atoms with van der Waals surface area (Å²) in [5, 5.41) is 12.3. The van der Waals surface area contributed by atoms with E-state index in [1.807, 2.05) is 24.3 Å². The third-order valence-corrected chi connectivity index (χ3v) is 3.64. The Kier molecular flexibility index (Phi) is 3.84. The Hall–Kier alpha value is -2.73. The van der Waals surface area contributed by atoms with Crippen molar-refractivity contribution in [3.05, 3.63) is 59.9 Å². The van der Waals surface area contributed by atoms with Crippen LogP contribution in [0.1, 0.15) is 15.9 Å². The summed E-state index contributed by atoms with van der Waals surface area (Å²) in [7, 11) is 0. The van der Waals surface area contributed by atoms with Gasteiger partial charge in [-0.1, -0.05) is 18.2 Å². The highest BCUT2D eigenvalue weighted by atomic mass is 16.4. The third kappa shape index (κ3) is 2.68. The second kappa shape index (κ2) is 5.95. The molecule has 22 heavy (non-hydrogen) atoms. The molecule has 0 aliphatic carbocycles. The lowest BCUT2D eigenvalue weighted by Gasteiger charge is -2.24. The molecule has 0 saturated carbocycles. The van der Waals surface area contributed by atoms with E-state index in [1.165, 1.54) is 11.1 Å². The van der Waals surface area contributed by atoms with Gasteiger partial charge in [-0.25, -0.2) is 0 Å². The highest BCUT2D eigenvalue weighted by molar-refractivity contribution is 6.06. The fourth-order valence-corrected chi connectivity index (χ4v) is 2.51. The number of carbonyl (C=O) groups excluding carboxylic acids is 1. The van der Waals surface area contributed by atoms with E-state index in [9.17, 15) is 14.7 Å². The second-order valence-corrected chi connectivity index (χ2v) is 5.06. The van der Waals surface area contributed by atoms with Crippen molar-refractivity contribution in [3.8, 4) is 0 Å². The molecule has 1 atom stereocenters. The van der Waals surface area contributed by atoms with Crippen molar-refractivity contribution < 1.29 is 14.7 Å². The number of carboxylic acid groups (broad SMARTS) is 1. The van der Waals surface area contributed by atoms with Gasteiger partial charge in [0.15, 0.2) is 0 Å². The number of rotatable bonds is 2. The minimum absolute atomic E-state index is 0.0695. The number of carboxylic acids is 1. The van der Waals surface area contributed by atoms with Crippen molar-refractivity contribution in [2.24, 2.45) is 0 Å². The molecule has 1 aromatic carbocycles. The minimum Gasteiger partial charge on any atom is -0.480 e. The van der Waals surface area contributed by atoms with Crippen molar-refractivity contribution >= 4 is 17.6 Å². The van der Waals surface area contributed by atoms with E-state index in [4.69, 9.17) is 0 Å². The Labute approximate surface area is 127 Å². The van der Waals surface area contributed by atoms with Gasteiger partial charge in [0.05, 0.1) is 12.1 Å². The Morgan fingerprint density at radius 1 is 1.23 bits per heavy atom. The number of hydrogen-bond acceptors (Lipinski definition) is 4. The van der Waals surface area contributed by atoms with E-state index in [0.717, 1.165) is 11.3 Å². The van der Waals surface area contributed by atoms with Crippen LogP contribution >= 0.6 is 0 Å². The molecule has 6 heteroatoms. The predicted octanol–water partition coefficient (Wildman–Crippen LogP) is 1.28. The number of para-hydroxylation sites is 1. The van der Waals surface area contributed by atoms with Crippen LogP contribution in [0.2, 0.25) is 0 Å². The number of fused-ring (bicyclic) bond motifs is 1. The molecule has 0 spiro atoms. The topological polar surface area (TPSA) is 82.5 Å². The number of carbonyl (C=O) groups is 2. The molecule has 3 rings (SSSR count). The maximum Gasteiger partial charge on any atom is 0.322 e. The van der Waals surface area contributed by atoms with Crippen LogP contribution in [-0.4, -0.2) is 34.6 Å². The van der Waals surface area contributed by atoms with Gasteiger partial charge in [-0.15, -0.1) is 0 Å². The van der Waals surface area contributed by atoms with Crippen molar-refractivity contribution in [1.82, 2.24) is 10.3 Å². The number of amides is 1. The zero-order valence-corrected chi connectivity index (χ0v) is 11.8. The molecule has 112 valence electrons. The Bertz CT molecular complexity index is 703. The fraction of sp³-hybridized carbons (Fsp3) is 0.188. The summed E-state index contributed by atoms with van der Waals surface area (Å²) >= 11 is 0. The van der Waals surface area contributed by atoms with Gasteiger partial charge in [0.2, 0.25) is 0 Å². The van der Waals surface area contributed by atoms with Gasteiger partial charge in [0.1, 0.15) is 6.04 Å². The second-order valence-electron chi connectivity index (χ2n) is 5.06. The molecule has 6 nitrogen and oxygen atoms in total. The van der Waals surface area contributed by atoms with E-state index in [0.29, 0.717) is 12.1 Å². The number of aliphatic carboxylic acids is 1. The largest absolute Gasteiger partial charge is 0.480 e. The molecular weight excluding hydrogens is 282 g/mol. The first-order valence-electron chi connectivity index (χ1n) is 6.93. The van der Waals surface area contributed by atoms with Crippen LogP contribution in [0, 0.1) is 0 Å².